The second-order valence-corrected chi connectivity index (χ2v) is 4.34. The van der Waals surface area contributed by atoms with E-state index in [2.05, 4.69) is 5.32 Å². The molecular weight excluding hydrogens is 235 g/mol. The summed E-state index contributed by atoms with van der Waals surface area (Å²) < 4.78 is 18.4. The normalized spacial score (nSPS) is 11.4. The highest BCUT2D eigenvalue weighted by atomic mass is 19.1. The third kappa shape index (κ3) is 2.85. The largest absolute Gasteiger partial charge is 0.494 e. The first-order valence-corrected chi connectivity index (χ1v) is 6.04. The topological polar surface area (TPSA) is 67.5 Å². The molecule has 0 saturated heterocycles. The Balaban J connectivity index is 3.10. The third-order valence-corrected chi connectivity index (χ3v) is 3.38. The van der Waals surface area contributed by atoms with Crippen molar-refractivity contribution in [3.8, 4) is 5.75 Å². The Labute approximate surface area is 107 Å². The number of benzene rings is 1. The monoisotopic (exact) mass is 256 g/mol. The molecule has 0 aliphatic heterocycles. The van der Waals surface area contributed by atoms with Gasteiger partial charge in [0.1, 0.15) is 0 Å². The van der Waals surface area contributed by atoms with E-state index in [4.69, 9.17) is 10.5 Å². The molecule has 5 heteroatoms. The molecule has 0 fully saturated rings. The van der Waals surface area contributed by atoms with Crippen LogP contribution in [0.4, 0.5) is 15.8 Å². The number of halogens is 1. The summed E-state index contributed by atoms with van der Waals surface area (Å²) in [4.78, 5) is 0. The van der Waals surface area contributed by atoms with E-state index >= 15 is 0 Å². The number of nitrogen functional groups attached to an aromatic ring is 1. The highest BCUT2D eigenvalue weighted by Gasteiger charge is 2.26. The molecule has 0 spiro atoms. The van der Waals surface area contributed by atoms with Crippen LogP contribution < -0.4 is 15.8 Å². The zero-order chi connectivity index (χ0) is 13.8. The van der Waals surface area contributed by atoms with Gasteiger partial charge in [-0.05, 0) is 12.8 Å². The van der Waals surface area contributed by atoms with Crippen molar-refractivity contribution in [1.82, 2.24) is 0 Å². The van der Waals surface area contributed by atoms with Crippen LogP contribution in [-0.2, 0) is 0 Å². The van der Waals surface area contributed by atoms with Gasteiger partial charge in [0.2, 0.25) is 0 Å². The van der Waals surface area contributed by atoms with Gasteiger partial charge in [-0.25, -0.2) is 4.39 Å². The smallest absolute Gasteiger partial charge is 0.167 e. The summed E-state index contributed by atoms with van der Waals surface area (Å²) in [7, 11) is 1.40. The Morgan fingerprint density at radius 3 is 2.44 bits per heavy atom. The van der Waals surface area contributed by atoms with Crippen LogP contribution in [0.3, 0.4) is 0 Å². The summed E-state index contributed by atoms with van der Waals surface area (Å²) in [6.07, 6.45) is 1.47. The van der Waals surface area contributed by atoms with Crippen LogP contribution in [0.1, 0.15) is 26.7 Å². The maximum Gasteiger partial charge on any atom is 0.167 e. The van der Waals surface area contributed by atoms with Gasteiger partial charge in [0.05, 0.1) is 30.6 Å². The SMILES string of the molecule is CCC(CC)(CO)Nc1cc(OC)c(F)cc1N. The molecule has 4 N–H and O–H groups in total. The molecule has 18 heavy (non-hydrogen) atoms. The number of aliphatic hydroxyl groups excluding tert-OH is 1. The van der Waals surface area contributed by atoms with Crippen molar-refractivity contribution in [1.29, 1.82) is 0 Å². The van der Waals surface area contributed by atoms with Gasteiger partial charge >= 0.3 is 0 Å². The van der Waals surface area contributed by atoms with Gasteiger partial charge in [0.15, 0.2) is 11.6 Å². The van der Waals surface area contributed by atoms with E-state index in [1.165, 1.54) is 19.2 Å². The van der Waals surface area contributed by atoms with Gasteiger partial charge in [-0.3, -0.25) is 0 Å². The first kappa shape index (κ1) is 14.6. The van der Waals surface area contributed by atoms with E-state index in [0.717, 1.165) is 12.8 Å². The predicted molar refractivity (Wildman–Crippen MR) is 71.4 cm³/mol. The van der Waals surface area contributed by atoms with Gasteiger partial charge < -0.3 is 20.9 Å². The van der Waals surface area contributed by atoms with Gasteiger partial charge in [-0.2, -0.15) is 0 Å². The molecule has 0 unspecified atom stereocenters. The minimum atomic E-state index is -0.497. The summed E-state index contributed by atoms with van der Waals surface area (Å²) in [5.41, 5.74) is 6.20. The number of ether oxygens (including phenoxy) is 1. The second-order valence-electron chi connectivity index (χ2n) is 4.34. The molecule has 1 aromatic rings. The number of aliphatic hydroxyl groups is 1. The second kappa shape index (κ2) is 5.91. The van der Waals surface area contributed by atoms with E-state index in [0.29, 0.717) is 11.4 Å². The van der Waals surface area contributed by atoms with E-state index in [9.17, 15) is 9.50 Å². The molecule has 0 bridgehead atoms. The molecule has 0 aromatic heterocycles. The van der Waals surface area contributed by atoms with E-state index in [1.54, 1.807) is 0 Å². The van der Waals surface area contributed by atoms with Crippen LogP contribution >= 0.6 is 0 Å². The van der Waals surface area contributed by atoms with Gasteiger partial charge in [0.25, 0.3) is 0 Å². The van der Waals surface area contributed by atoms with E-state index < -0.39 is 11.4 Å². The molecule has 0 saturated carbocycles. The van der Waals surface area contributed by atoms with Crippen molar-refractivity contribution in [2.75, 3.05) is 24.8 Å². The van der Waals surface area contributed by atoms with Gasteiger partial charge in [-0.15, -0.1) is 0 Å². The summed E-state index contributed by atoms with van der Waals surface area (Å²) in [6, 6.07) is 2.73. The highest BCUT2D eigenvalue weighted by Crippen LogP contribution is 2.31. The fraction of sp³-hybridized carbons (Fsp3) is 0.538. The maximum atomic E-state index is 13.4. The minimum absolute atomic E-state index is 0.0148. The lowest BCUT2D eigenvalue weighted by atomic mass is 9.93. The average Bonchev–Trinajstić information content (AvgIpc) is 2.38. The van der Waals surface area contributed by atoms with Crippen LogP contribution in [-0.4, -0.2) is 24.4 Å². The van der Waals surface area contributed by atoms with Crippen molar-refractivity contribution >= 4 is 11.4 Å². The lowest BCUT2D eigenvalue weighted by molar-refractivity contribution is 0.202. The molecule has 1 rings (SSSR count). The summed E-state index contributed by atoms with van der Waals surface area (Å²) in [6.45, 7) is 3.94. The number of methoxy groups -OCH3 is 1. The average molecular weight is 256 g/mol. The number of hydrogen-bond acceptors (Lipinski definition) is 4. The molecule has 0 radical (unpaired) electrons. The van der Waals surface area contributed by atoms with Crippen LogP contribution in [0.5, 0.6) is 5.75 Å². The Bertz CT molecular complexity index is 398. The minimum Gasteiger partial charge on any atom is -0.494 e. The predicted octanol–water partition coefficient (Wildman–Crippen LogP) is 2.38. The highest BCUT2D eigenvalue weighted by molar-refractivity contribution is 5.69. The molecule has 0 atom stereocenters. The molecule has 0 heterocycles. The first-order chi connectivity index (χ1) is 8.51. The molecule has 0 aliphatic carbocycles. The molecule has 4 nitrogen and oxygen atoms in total. The maximum absolute atomic E-state index is 13.4. The fourth-order valence-corrected chi connectivity index (χ4v) is 1.81. The lowest BCUT2D eigenvalue weighted by Gasteiger charge is -2.32. The van der Waals surface area contributed by atoms with Crippen molar-refractivity contribution < 1.29 is 14.2 Å². The zero-order valence-electron chi connectivity index (χ0n) is 11.1. The third-order valence-electron chi connectivity index (χ3n) is 3.38. The molecular formula is C13H21FN2O2. The van der Waals surface area contributed by atoms with Crippen molar-refractivity contribution in [3.63, 3.8) is 0 Å². The number of nitrogens with two attached hydrogens (primary N) is 1. The van der Waals surface area contributed by atoms with Crippen LogP contribution in [0.2, 0.25) is 0 Å². The number of nitrogens with one attached hydrogen (secondary N) is 1. The first-order valence-electron chi connectivity index (χ1n) is 6.04. The Kier molecular flexibility index (Phi) is 4.78. The quantitative estimate of drug-likeness (QED) is 0.684. The summed E-state index contributed by atoms with van der Waals surface area (Å²) >= 11 is 0. The molecule has 0 aliphatic rings. The number of hydrogen-bond donors (Lipinski definition) is 3. The van der Waals surface area contributed by atoms with E-state index in [-0.39, 0.29) is 12.4 Å². The lowest BCUT2D eigenvalue weighted by Crippen LogP contribution is -2.41. The van der Waals surface area contributed by atoms with Gasteiger partial charge in [0, 0.05) is 12.1 Å². The van der Waals surface area contributed by atoms with Gasteiger partial charge in [-0.1, -0.05) is 13.8 Å². The number of anilines is 2. The Morgan fingerprint density at radius 1 is 1.39 bits per heavy atom. The Hall–Kier alpha value is -1.49. The van der Waals surface area contributed by atoms with Crippen molar-refractivity contribution in [3.05, 3.63) is 17.9 Å². The standard InChI is InChI=1S/C13H21FN2O2/c1-4-13(5-2,8-17)16-11-7-12(18-3)9(14)6-10(11)15/h6-7,16-17H,4-5,8,15H2,1-3H3. The number of rotatable bonds is 6. The van der Waals surface area contributed by atoms with Crippen molar-refractivity contribution in [2.24, 2.45) is 0 Å². The molecule has 102 valence electrons. The van der Waals surface area contributed by atoms with E-state index in [1.807, 2.05) is 13.8 Å². The zero-order valence-corrected chi connectivity index (χ0v) is 11.1. The molecule has 1 aromatic carbocycles. The fourth-order valence-electron chi connectivity index (χ4n) is 1.81. The Morgan fingerprint density at radius 2 is 2.00 bits per heavy atom. The van der Waals surface area contributed by atoms with Crippen molar-refractivity contribution in [2.45, 2.75) is 32.2 Å². The molecule has 0 amide bonds. The summed E-state index contributed by atoms with van der Waals surface area (Å²) in [5, 5.41) is 12.7. The van der Waals surface area contributed by atoms with Crippen LogP contribution in [0, 0.1) is 5.82 Å². The summed E-state index contributed by atoms with van der Waals surface area (Å²) in [5.74, 6) is -0.367. The van der Waals surface area contributed by atoms with Crippen LogP contribution in [0.25, 0.3) is 0 Å². The van der Waals surface area contributed by atoms with Crippen LogP contribution in [0.15, 0.2) is 12.1 Å².